The highest BCUT2D eigenvalue weighted by Gasteiger charge is 2.28. The van der Waals surface area contributed by atoms with Crippen molar-refractivity contribution in [3.63, 3.8) is 0 Å². The fraction of sp³-hybridized carbons (Fsp3) is 0.909. The molecule has 1 aliphatic carbocycles. The van der Waals surface area contributed by atoms with Crippen LogP contribution in [0.3, 0.4) is 0 Å². The molecule has 2 N–H and O–H groups in total. The lowest BCUT2D eigenvalue weighted by atomic mass is 9.99. The largest absolute Gasteiger partial charge is 0.480 e. The molecule has 2 aliphatic rings. The molecule has 1 saturated carbocycles. The van der Waals surface area contributed by atoms with Gasteiger partial charge >= 0.3 is 5.97 Å². The second-order valence-corrected chi connectivity index (χ2v) is 4.64. The second kappa shape index (κ2) is 4.94. The van der Waals surface area contributed by atoms with Gasteiger partial charge in [0.15, 0.2) is 0 Å². The molecule has 1 aliphatic heterocycles. The van der Waals surface area contributed by atoms with E-state index in [0.717, 1.165) is 12.3 Å². The number of nitrogens with one attached hydrogen (secondary N) is 1. The average Bonchev–Trinajstić information content (AvgIpc) is 2.71. The molecule has 1 heterocycles. The zero-order chi connectivity index (χ0) is 10.7. The number of carboxylic acid groups (broad SMARTS) is 1. The lowest BCUT2D eigenvalue weighted by Gasteiger charge is -2.29. The number of aliphatic carboxylic acids is 1. The summed E-state index contributed by atoms with van der Waals surface area (Å²) in [4.78, 5) is 10.7. The minimum absolute atomic E-state index is 0.226. The van der Waals surface area contributed by atoms with Crippen molar-refractivity contribution < 1.29 is 14.6 Å². The van der Waals surface area contributed by atoms with Crippen molar-refractivity contribution in [2.45, 2.75) is 44.2 Å². The van der Waals surface area contributed by atoms with Crippen LogP contribution in [0.1, 0.15) is 32.1 Å². The van der Waals surface area contributed by atoms with Crippen LogP contribution in [0.15, 0.2) is 0 Å². The first-order valence-electron chi connectivity index (χ1n) is 5.83. The maximum atomic E-state index is 10.7. The molecule has 86 valence electrons. The summed E-state index contributed by atoms with van der Waals surface area (Å²) in [6.45, 7) is 1.00. The van der Waals surface area contributed by atoms with Gasteiger partial charge in [0.25, 0.3) is 0 Å². The van der Waals surface area contributed by atoms with E-state index in [4.69, 9.17) is 9.84 Å². The summed E-state index contributed by atoms with van der Waals surface area (Å²) < 4.78 is 5.57. The molecule has 0 spiro atoms. The third-order valence-electron chi connectivity index (χ3n) is 3.46. The van der Waals surface area contributed by atoms with Gasteiger partial charge in [-0.15, -0.1) is 0 Å². The molecule has 0 aromatic carbocycles. The maximum absolute atomic E-state index is 10.7. The molecule has 0 bridgehead atoms. The van der Waals surface area contributed by atoms with Gasteiger partial charge < -0.3 is 9.84 Å². The summed E-state index contributed by atoms with van der Waals surface area (Å²) in [5.41, 5.74) is 0. The summed E-state index contributed by atoms with van der Waals surface area (Å²) in [6, 6.07) is -0.509. The van der Waals surface area contributed by atoms with Crippen LogP contribution in [0.5, 0.6) is 0 Å². The highest BCUT2D eigenvalue weighted by molar-refractivity contribution is 5.73. The van der Waals surface area contributed by atoms with Gasteiger partial charge in [0.2, 0.25) is 0 Å². The molecule has 1 saturated heterocycles. The summed E-state index contributed by atoms with van der Waals surface area (Å²) in [5.74, 6) is -0.00695. The molecule has 2 rings (SSSR count). The lowest BCUT2D eigenvalue weighted by Crippen LogP contribution is -2.50. The summed E-state index contributed by atoms with van der Waals surface area (Å²) in [5, 5.41) is 11.8. The highest BCUT2D eigenvalue weighted by atomic mass is 16.5. The van der Waals surface area contributed by atoms with Crippen LogP contribution in [-0.4, -0.2) is 36.4 Å². The first-order chi connectivity index (χ1) is 7.25. The number of rotatable bonds is 3. The van der Waals surface area contributed by atoms with Crippen LogP contribution in [-0.2, 0) is 9.53 Å². The second-order valence-electron chi connectivity index (χ2n) is 4.64. The fourth-order valence-corrected chi connectivity index (χ4v) is 2.55. The minimum atomic E-state index is -0.811. The van der Waals surface area contributed by atoms with Gasteiger partial charge in [0.1, 0.15) is 6.04 Å². The smallest absolute Gasteiger partial charge is 0.323 e. The van der Waals surface area contributed by atoms with Gasteiger partial charge in [-0.2, -0.15) is 0 Å². The number of morpholine rings is 1. The number of hydrogen-bond donors (Lipinski definition) is 2. The zero-order valence-corrected chi connectivity index (χ0v) is 8.95. The highest BCUT2D eigenvalue weighted by Crippen LogP contribution is 2.29. The molecular formula is C11H19NO3. The Hall–Kier alpha value is -0.610. The predicted octanol–water partition coefficient (Wildman–Crippen LogP) is 1.01. The van der Waals surface area contributed by atoms with Gasteiger partial charge in [-0.25, -0.2) is 0 Å². The fourth-order valence-electron chi connectivity index (χ4n) is 2.55. The topological polar surface area (TPSA) is 58.6 Å². The van der Waals surface area contributed by atoms with Crippen molar-refractivity contribution >= 4 is 5.97 Å². The molecule has 2 atom stereocenters. The molecular weight excluding hydrogens is 194 g/mol. The van der Waals surface area contributed by atoms with E-state index in [1.165, 1.54) is 25.7 Å². The maximum Gasteiger partial charge on any atom is 0.323 e. The molecule has 2 unspecified atom stereocenters. The Labute approximate surface area is 90.0 Å². The minimum Gasteiger partial charge on any atom is -0.480 e. The van der Waals surface area contributed by atoms with E-state index in [0.29, 0.717) is 13.2 Å². The van der Waals surface area contributed by atoms with Crippen molar-refractivity contribution in [1.82, 2.24) is 5.32 Å². The summed E-state index contributed by atoms with van der Waals surface area (Å²) in [6.07, 6.45) is 6.67. The standard InChI is InChI=1S/C11H19NO3/c13-11(14)10-7-15-9(6-12-10)5-8-3-1-2-4-8/h8-10,12H,1-7H2,(H,13,14). The van der Waals surface area contributed by atoms with Gasteiger partial charge in [-0.05, 0) is 12.3 Å². The van der Waals surface area contributed by atoms with Crippen molar-refractivity contribution in [1.29, 1.82) is 0 Å². The number of ether oxygens (including phenoxy) is 1. The lowest BCUT2D eigenvalue weighted by molar-refractivity contribution is -0.144. The monoisotopic (exact) mass is 213 g/mol. The molecule has 0 aromatic rings. The Morgan fingerprint density at radius 2 is 2.13 bits per heavy atom. The molecule has 0 aromatic heterocycles. The first kappa shape index (κ1) is 10.9. The van der Waals surface area contributed by atoms with Crippen molar-refractivity contribution in [2.75, 3.05) is 13.2 Å². The zero-order valence-electron chi connectivity index (χ0n) is 8.95. The Morgan fingerprint density at radius 1 is 1.40 bits per heavy atom. The summed E-state index contributed by atoms with van der Waals surface area (Å²) in [7, 11) is 0. The first-order valence-corrected chi connectivity index (χ1v) is 5.83. The molecule has 4 heteroatoms. The van der Waals surface area contributed by atoms with E-state index in [-0.39, 0.29) is 6.10 Å². The van der Waals surface area contributed by atoms with Gasteiger partial charge in [0, 0.05) is 6.54 Å². The number of carbonyl (C=O) groups is 1. The van der Waals surface area contributed by atoms with E-state index in [9.17, 15) is 4.79 Å². The van der Waals surface area contributed by atoms with Crippen LogP contribution >= 0.6 is 0 Å². The van der Waals surface area contributed by atoms with Crippen LogP contribution in [0.2, 0.25) is 0 Å². The normalized spacial score (nSPS) is 33.1. The average molecular weight is 213 g/mol. The molecule has 2 fully saturated rings. The molecule has 0 amide bonds. The van der Waals surface area contributed by atoms with Crippen LogP contribution in [0.25, 0.3) is 0 Å². The summed E-state index contributed by atoms with van der Waals surface area (Å²) >= 11 is 0. The predicted molar refractivity (Wildman–Crippen MR) is 55.7 cm³/mol. The van der Waals surface area contributed by atoms with E-state index >= 15 is 0 Å². The van der Waals surface area contributed by atoms with Gasteiger partial charge in [-0.1, -0.05) is 25.7 Å². The van der Waals surface area contributed by atoms with Crippen LogP contribution in [0, 0.1) is 5.92 Å². The Kier molecular flexibility index (Phi) is 3.59. The molecule has 0 radical (unpaired) electrons. The van der Waals surface area contributed by atoms with Crippen LogP contribution < -0.4 is 5.32 Å². The van der Waals surface area contributed by atoms with E-state index in [1.807, 2.05) is 0 Å². The Balaban J connectivity index is 1.71. The molecule has 4 nitrogen and oxygen atoms in total. The van der Waals surface area contributed by atoms with Gasteiger partial charge in [0.05, 0.1) is 12.7 Å². The number of hydrogen-bond acceptors (Lipinski definition) is 3. The Morgan fingerprint density at radius 3 is 2.67 bits per heavy atom. The Bertz CT molecular complexity index is 218. The van der Waals surface area contributed by atoms with E-state index in [1.54, 1.807) is 0 Å². The van der Waals surface area contributed by atoms with Gasteiger partial charge in [-0.3, -0.25) is 10.1 Å². The third-order valence-corrected chi connectivity index (χ3v) is 3.46. The number of carboxylic acids is 1. The van der Waals surface area contributed by atoms with E-state index in [2.05, 4.69) is 5.32 Å². The van der Waals surface area contributed by atoms with Crippen molar-refractivity contribution in [2.24, 2.45) is 5.92 Å². The van der Waals surface area contributed by atoms with Crippen molar-refractivity contribution in [3.05, 3.63) is 0 Å². The van der Waals surface area contributed by atoms with Crippen LogP contribution in [0.4, 0.5) is 0 Å². The van der Waals surface area contributed by atoms with E-state index < -0.39 is 12.0 Å². The SMILES string of the molecule is O=C(O)C1COC(CC2CCCC2)CN1. The van der Waals surface area contributed by atoms with Crippen molar-refractivity contribution in [3.8, 4) is 0 Å². The quantitative estimate of drug-likeness (QED) is 0.734. The molecule has 15 heavy (non-hydrogen) atoms. The third kappa shape index (κ3) is 2.92.